The Labute approximate surface area is 123 Å². The van der Waals surface area contributed by atoms with Crippen molar-refractivity contribution in [3.8, 4) is 0 Å². The van der Waals surface area contributed by atoms with E-state index in [2.05, 4.69) is 41.0 Å². The van der Waals surface area contributed by atoms with Gasteiger partial charge in [0.05, 0.1) is 0 Å². The summed E-state index contributed by atoms with van der Waals surface area (Å²) in [5.74, 6) is 0.729. The summed E-state index contributed by atoms with van der Waals surface area (Å²) in [5.41, 5.74) is 1.22. The molecule has 0 bridgehead atoms. The first-order valence-corrected chi connectivity index (χ1v) is 8.05. The molecule has 0 radical (unpaired) electrons. The first-order chi connectivity index (χ1) is 9.74. The smallest absolute Gasteiger partial charge is 0.222 e. The summed E-state index contributed by atoms with van der Waals surface area (Å²) >= 11 is 0. The van der Waals surface area contributed by atoms with Crippen LogP contribution in [-0.2, 0) is 6.54 Å². The van der Waals surface area contributed by atoms with E-state index in [9.17, 15) is 0 Å². The number of anilines is 1. The minimum atomic E-state index is 0.631. The average molecular weight is 276 g/mol. The van der Waals surface area contributed by atoms with Gasteiger partial charge in [-0.25, -0.2) is 9.97 Å². The molecule has 0 spiro atoms. The fourth-order valence-corrected chi connectivity index (χ4v) is 3.01. The first-order valence-electron chi connectivity index (χ1n) is 8.05. The number of nitrogens with zero attached hydrogens (tertiary/aromatic N) is 3. The van der Waals surface area contributed by atoms with Crippen LogP contribution in [0.25, 0.3) is 0 Å². The first kappa shape index (κ1) is 15.2. The number of hydrogen-bond acceptors (Lipinski definition) is 4. The van der Waals surface area contributed by atoms with Crippen LogP contribution in [0, 0.1) is 0 Å². The van der Waals surface area contributed by atoms with E-state index in [1.54, 1.807) is 0 Å². The van der Waals surface area contributed by atoms with Crippen molar-refractivity contribution in [1.82, 2.24) is 14.9 Å². The van der Waals surface area contributed by atoms with Gasteiger partial charge >= 0.3 is 0 Å². The van der Waals surface area contributed by atoms with Gasteiger partial charge in [0.25, 0.3) is 0 Å². The largest absolute Gasteiger partial charge is 0.355 e. The summed E-state index contributed by atoms with van der Waals surface area (Å²) in [6.45, 7) is 8.51. The molecule has 1 atom stereocenters. The molecule has 112 valence electrons. The Hall–Kier alpha value is -1.16. The van der Waals surface area contributed by atoms with E-state index in [-0.39, 0.29) is 0 Å². The SMILES string of the molecule is CCNc1ncc(CN(C2CCCC2)[C@H](C)CC)cn1. The highest BCUT2D eigenvalue weighted by Crippen LogP contribution is 2.27. The molecule has 2 rings (SSSR count). The van der Waals surface area contributed by atoms with E-state index in [4.69, 9.17) is 0 Å². The standard InChI is InChI=1S/C16H28N4/c1-4-13(3)20(15-8-6-7-9-15)12-14-10-18-16(17-5-2)19-11-14/h10-11,13,15H,4-9,12H2,1-3H3,(H,17,18,19)/t13-/m1/s1. The maximum Gasteiger partial charge on any atom is 0.222 e. The molecule has 0 amide bonds. The molecule has 1 heterocycles. The van der Waals surface area contributed by atoms with Gasteiger partial charge in [-0.3, -0.25) is 4.90 Å². The monoisotopic (exact) mass is 276 g/mol. The van der Waals surface area contributed by atoms with Crippen LogP contribution in [0.5, 0.6) is 0 Å². The third-order valence-electron chi connectivity index (χ3n) is 4.36. The molecule has 1 aliphatic carbocycles. The van der Waals surface area contributed by atoms with Crippen LogP contribution >= 0.6 is 0 Å². The van der Waals surface area contributed by atoms with E-state index in [0.29, 0.717) is 6.04 Å². The summed E-state index contributed by atoms with van der Waals surface area (Å²) < 4.78 is 0. The highest BCUT2D eigenvalue weighted by Gasteiger charge is 2.25. The van der Waals surface area contributed by atoms with Gasteiger partial charge in [-0.1, -0.05) is 19.8 Å². The van der Waals surface area contributed by atoms with E-state index in [0.717, 1.165) is 25.1 Å². The minimum absolute atomic E-state index is 0.631. The molecule has 0 saturated heterocycles. The van der Waals surface area contributed by atoms with E-state index in [1.807, 2.05) is 12.4 Å². The molecular weight excluding hydrogens is 248 g/mol. The second kappa shape index (κ2) is 7.58. The zero-order valence-electron chi connectivity index (χ0n) is 13.1. The maximum absolute atomic E-state index is 4.38. The van der Waals surface area contributed by atoms with Gasteiger partial charge in [0.1, 0.15) is 0 Å². The Morgan fingerprint density at radius 2 is 1.90 bits per heavy atom. The fraction of sp³-hybridized carbons (Fsp3) is 0.750. The molecule has 1 aromatic rings. The van der Waals surface area contributed by atoms with Crippen LogP contribution < -0.4 is 5.32 Å². The average Bonchev–Trinajstić information content (AvgIpc) is 3.00. The Kier molecular flexibility index (Phi) is 5.77. The highest BCUT2D eigenvalue weighted by atomic mass is 15.2. The summed E-state index contributed by atoms with van der Waals surface area (Å²) in [4.78, 5) is 11.4. The quantitative estimate of drug-likeness (QED) is 0.828. The van der Waals surface area contributed by atoms with Crippen molar-refractivity contribution in [3.05, 3.63) is 18.0 Å². The number of aromatic nitrogens is 2. The van der Waals surface area contributed by atoms with Gasteiger partial charge in [-0.05, 0) is 33.1 Å². The molecule has 1 N–H and O–H groups in total. The lowest BCUT2D eigenvalue weighted by molar-refractivity contribution is 0.132. The van der Waals surface area contributed by atoms with Crippen LogP contribution in [-0.4, -0.2) is 33.5 Å². The van der Waals surface area contributed by atoms with Crippen molar-refractivity contribution in [1.29, 1.82) is 0 Å². The fourth-order valence-electron chi connectivity index (χ4n) is 3.01. The van der Waals surface area contributed by atoms with Gasteiger partial charge in [0.15, 0.2) is 0 Å². The molecule has 4 nitrogen and oxygen atoms in total. The van der Waals surface area contributed by atoms with Crippen LogP contribution in [0.2, 0.25) is 0 Å². The molecule has 1 saturated carbocycles. The molecule has 0 unspecified atom stereocenters. The Balaban J connectivity index is 2.02. The summed E-state index contributed by atoms with van der Waals surface area (Å²) in [6, 6.07) is 1.38. The van der Waals surface area contributed by atoms with Crippen molar-refractivity contribution in [3.63, 3.8) is 0 Å². The van der Waals surface area contributed by atoms with Gasteiger partial charge in [-0.15, -0.1) is 0 Å². The van der Waals surface area contributed by atoms with Crippen LogP contribution in [0.1, 0.15) is 58.4 Å². The van der Waals surface area contributed by atoms with E-state index >= 15 is 0 Å². The lowest BCUT2D eigenvalue weighted by Gasteiger charge is -2.34. The zero-order valence-corrected chi connectivity index (χ0v) is 13.1. The van der Waals surface area contributed by atoms with Crippen molar-refractivity contribution >= 4 is 5.95 Å². The van der Waals surface area contributed by atoms with Crippen LogP contribution in [0.3, 0.4) is 0 Å². The summed E-state index contributed by atoms with van der Waals surface area (Å²) in [7, 11) is 0. The van der Waals surface area contributed by atoms with Crippen molar-refractivity contribution in [2.75, 3.05) is 11.9 Å². The summed E-state index contributed by atoms with van der Waals surface area (Å²) in [5, 5.41) is 3.14. The van der Waals surface area contributed by atoms with Crippen LogP contribution in [0.4, 0.5) is 5.95 Å². The molecule has 1 aromatic heterocycles. The van der Waals surface area contributed by atoms with Gasteiger partial charge in [-0.2, -0.15) is 0 Å². The van der Waals surface area contributed by atoms with E-state index in [1.165, 1.54) is 37.7 Å². The Morgan fingerprint density at radius 1 is 1.25 bits per heavy atom. The Morgan fingerprint density at radius 3 is 2.45 bits per heavy atom. The molecule has 20 heavy (non-hydrogen) atoms. The predicted molar refractivity (Wildman–Crippen MR) is 83.7 cm³/mol. The molecular formula is C16H28N4. The zero-order chi connectivity index (χ0) is 14.4. The van der Waals surface area contributed by atoms with Gasteiger partial charge < -0.3 is 5.32 Å². The highest BCUT2D eigenvalue weighted by molar-refractivity contribution is 5.24. The maximum atomic E-state index is 4.38. The van der Waals surface area contributed by atoms with Crippen LogP contribution in [0.15, 0.2) is 12.4 Å². The third-order valence-corrected chi connectivity index (χ3v) is 4.36. The lowest BCUT2D eigenvalue weighted by atomic mass is 10.1. The molecule has 1 fully saturated rings. The second-order valence-corrected chi connectivity index (χ2v) is 5.81. The normalized spacial score (nSPS) is 17.6. The van der Waals surface area contributed by atoms with Gasteiger partial charge in [0.2, 0.25) is 5.95 Å². The Bertz CT molecular complexity index is 384. The minimum Gasteiger partial charge on any atom is -0.355 e. The number of nitrogens with one attached hydrogen (secondary N) is 1. The molecule has 0 aromatic carbocycles. The molecule has 0 aliphatic heterocycles. The molecule has 4 heteroatoms. The lowest BCUT2D eigenvalue weighted by Crippen LogP contribution is -2.39. The van der Waals surface area contributed by atoms with Gasteiger partial charge in [0, 0.05) is 43.1 Å². The van der Waals surface area contributed by atoms with E-state index < -0.39 is 0 Å². The van der Waals surface area contributed by atoms with Crippen molar-refractivity contribution < 1.29 is 0 Å². The summed E-state index contributed by atoms with van der Waals surface area (Å²) in [6.07, 6.45) is 10.6. The molecule has 1 aliphatic rings. The second-order valence-electron chi connectivity index (χ2n) is 5.81. The number of hydrogen-bond donors (Lipinski definition) is 1. The number of rotatable bonds is 7. The topological polar surface area (TPSA) is 41.1 Å². The third kappa shape index (κ3) is 3.92. The van der Waals surface area contributed by atoms with Crippen molar-refractivity contribution in [2.24, 2.45) is 0 Å². The predicted octanol–water partition coefficient (Wildman–Crippen LogP) is 3.45. The van der Waals surface area contributed by atoms with Crippen molar-refractivity contribution in [2.45, 2.75) is 71.5 Å².